The van der Waals surface area contributed by atoms with Crippen LogP contribution >= 0.6 is 0 Å². The molecule has 1 N–H and O–H groups in total. The van der Waals surface area contributed by atoms with E-state index in [0.717, 1.165) is 43.3 Å². The van der Waals surface area contributed by atoms with Crippen molar-refractivity contribution in [2.75, 3.05) is 18.5 Å². The summed E-state index contributed by atoms with van der Waals surface area (Å²) in [7, 11) is 0. The monoisotopic (exact) mass is 263 g/mol. The second-order valence-corrected chi connectivity index (χ2v) is 5.47. The summed E-state index contributed by atoms with van der Waals surface area (Å²) in [6.07, 6.45) is 4.71. The Balaban J connectivity index is 2.12. The van der Waals surface area contributed by atoms with Gasteiger partial charge in [0.1, 0.15) is 11.6 Å². The summed E-state index contributed by atoms with van der Waals surface area (Å²) in [6, 6.07) is 2.05. The zero-order chi connectivity index (χ0) is 13.7. The highest BCUT2D eigenvalue weighted by Crippen LogP contribution is 2.19. The SMILES string of the molecule is CCNc1cc(C(C)C)nc(CC2CCCCO2)n1. The normalized spacial score (nSPS) is 19.7. The van der Waals surface area contributed by atoms with Crippen molar-refractivity contribution in [1.82, 2.24) is 9.97 Å². The van der Waals surface area contributed by atoms with Crippen LogP contribution in [0.3, 0.4) is 0 Å². The number of nitrogens with one attached hydrogen (secondary N) is 1. The van der Waals surface area contributed by atoms with E-state index in [1.54, 1.807) is 0 Å². The van der Waals surface area contributed by atoms with Gasteiger partial charge in [-0.25, -0.2) is 9.97 Å². The fraction of sp³-hybridized carbons (Fsp3) is 0.733. The molecule has 0 aromatic carbocycles. The molecule has 1 fully saturated rings. The highest BCUT2D eigenvalue weighted by Gasteiger charge is 2.17. The molecule has 106 valence electrons. The lowest BCUT2D eigenvalue weighted by Crippen LogP contribution is -2.23. The van der Waals surface area contributed by atoms with E-state index in [2.05, 4.69) is 42.1 Å². The standard InChI is InChI=1S/C15H25N3O/c1-4-16-14-10-13(11(2)3)17-15(18-14)9-12-7-5-6-8-19-12/h10-12H,4-9H2,1-3H3,(H,16,17,18). The molecule has 4 heteroatoms. The molecule has 4 nitrogen and oxygen atoms in total. The molecule has 1 saturated heterocycles. The minimum absolute atomic E-state index is 0.297. The Bertz CT molecular complexity index is 400. The van der Waals surface area contributed by atoms with Gasteiger partial charge in [-0.3, -0.25) is 0 Å². The van der Waals surface area contributed by atoms with Crippen LogP contribution in [0.15, 0.2) is 6.07 Å². The summed E-state index contributed by atoms with van der Waals surface area (Å²) >= 11 is 0. The Hall–Kier alpha value is -1.16. The molecule has 0 radical (unpaired) electrons. The summed E-state index contributed by atoms with van der Waals surface area (Å²) in [5.41, 5.74) is 1.11. The maximum absolute atomic E-state index is 5.78. The number of hydrogen-bond acceptors (Lipinski definition) is 4. The molecule has 1 unspecified atom stereocenters. The maximum atomic E-state index is 5.78. The van der Waals surface area contributed by atoms with Gasteiger partial charge in [-0.1, -0.05) is 13.8 Å². The Labute approximate surface area is 116 Å². The number of aromatic nitrogens is 2. The molecule has 0 saturated carbocycles. The second kappa shape index (κ2) is 6.85. The van der Waals surface area contributed by atoms with Crippen LogP contribution in [0, 0.1) is 0 Å². The maximum Gasteiger partial charge on any atom is 0.133 e. The quantitative estimate of drug-likeness (QED) is 0.886. The van der Waals surface area contributed by atoms with E-state index in [1.165, 1.54) is 12.8 Å². The highest BCUT2D eigenvalue weighted by atomic mass is 16.5. The predicted molar refractivity (Wildman–Crippen MR) is 77.6 cm³/mol. The van der Waals surface area contributed by atoms with E-state index in [9.17, 15) is 0 Å². The molecular weight excluding hydrogens is 238 g/mol. The second-order valence-electron chi connectivity index (χ2n) is 5.47. The molecule has 2 heterocycles. The van der Waals surface area contributed by atoms with Crippen LogP contribution in [0.5, 0.6) is 0 Å². The van der Waals surface area contributed by atoms with Gasteiger partial charge in [0.25, 0.3) is 0 Å². The van der Waals surface area contributed by atoms with Crippen molar-refractivity contribution in [2.45, 2.75) is 58.5 Å². The van der Waals surface area contributed by atoms with Gasteiger partial charge < -0.3 is 10.1 Å². The first-order valence-electron chi connectivity index (χ1n) is 7.42. The van der Waals surface area contributed by atoms with Crippen LogP contribution in [0.25, 0.3) is 0 Å². The van der Waals surface area contributed by atoms with Crippen molar-refractivity contribution in [3.05, 3.63) is 17.6 Å². The number of rotatable bonds is 5. The molecule has 1 aliphatic heterocycles. The first-order chi connectivity index (χ1) is 9.19. The third-order valence-corrected chi connectivity index (χ3v) is 3.43. The van der Waals surface area contributed by atoms with E-state index in [4.69, 9.17) is 4.74 Å². The van der Waals surface area contributed by atoms with E-state index in [0.29, 0.717) is 12.0 Å². The number of hydrogen-bond donors (Lipinski definition) is 1. The zero-order valence-corrected chi connectivity index (χ0v) is 12.3. The largest absolute Gasteiger partial charge is 0.378 e. The van der Waals surface area contributed by atoms with Crippen molar-refractivity contribution in [3.8, 4) is 0 Å². The topological polar surface area (TPSA) is 47.0 Å². The van der Waals surface area contributed by atoms with Crippen molar-refractivity contribution in [3.63, 3.8) is 0 Å². The fourth-order valence-corrected chi connectivity index (χ4v) is 2.35. The van der Waals surface area contributed by atoms with Crippen LogP contribution in [-0.2, 0) is 11.2 Å². The van der Waals surface area contributed by atoms with Gasteiger partial charge in [-0.05, 0) is 32.1 Å². The average molecular weight is 263 g/mol. The van der Waals surface area contributed by atoms with Crippen LogP contribution in [-0.4, -0.2) is 29.2 Å². The lowest BCUT2D eigenvalue weighted by atomic mass is 10.1. The number of ether oxygens (including phenoxy) is 1. The average Bonchev–Trinajstić information content (AvgIpc) is 2.40. The summed E-state index contributed by atoms with van der Waals surface area (Å²) in [5, 5.41) is 3.29. The van der Waals surface area contributed by atoms with Crippen LogP contribution in [0.4, 0.5) is 5.82 Å². The van der Waals surface area contributed by atoms with Crippen molar-refractivity contribution in [2.24, 2.45) is 0 Å². The van der Waals surface area contributed by atoms with Gasteiger partial charge in [-0.2, -0.15) is 0 Å². The number of nitrogens with zero attached hydrogens (tertiary/aromatic N) is 2. The first-order valence-corrected chi connectivity index (χ1v) is 7.42. The molecule has 2 rings (SSSR count). The zero-order valence-electron chi connectivity index (χ0n) is 12.3. The molecule has 0 aliphatic carbocycles. The van der Waals surface area contributed by atoms with E-state index >= 15 is 0 Å². The molecular formula is C15H25N3O. The highest BCUT2D eigenvalue weighted by molar-refractivity contribution is 5.36. The Morgan fingerprint density at radius 2 is 2.21 bits per heavy atom. The Morgan fingerprint density at radius 3 is 2.84 bits per heavy atom. The summed E-state index contributed by atoms with van der Waals surface area (Å²) in [6.45, 7) is 8.18. The van der Waals surface area contributed by atoms with Gasteiger partial charge in [0.05, 0.1) is 6.10 Å². The van der Waals surface area contributed by atoms with Gasteiger partial charge in [0, 0.05) is 31.3 Å². The molecule has 0 spiro atoms. The molecule has 0 amide bonds. The van der Waals surface area contributed by atoms with Crippen LogP contribution < -0.4 is 5.32 Å². The Morgan fingerprint density at radius 1 is 1.37 bits per heavy atom. The van der Waals surface area contributed by atoms with Crippen molar-refractivity contribution < 1.29 is 4.74 Å². The van der Waals surface area contributed by atoms with Gasteiger partial charge in [0.15, 0.2) is 0 Å². The van der Waals surface area contributed by atoms with Crippen molar-refractivity contribution in [1.29, 1.82) is 0 Å². The molecule has 1 aromatic heterocycles. The molecule has 1 aliphatic rings. The van der Waals surface area contributed by atoms with Crippen molar-refractivity contribution >= 4 is 5.82 Å². The van der Waals surface area contributed by atoms with Gasteiger partial charge >= 0.3 is 0 Å². The molecule has 19 heavy (non-hydrogen) atoms. The third-order valence-electron chi connectivity index (χ3n) is 3.43. The summed E-state index contributed by atoms with van der Waals surface area (Å²) in [4.78, 5) is 9.28. The fourth-order valence-electron chi connectivity index (χ4n) is 2.35. The molecule has 0 bridgehead atoms. The lowest BCUT2D eigenvalue weighted by molar-refractivity contribution is 0.0156. The third kappa shape index (κ3) is 4.16. The summed E-state index contributed by atoms with van der Waals surface area (Å²) in [5.74, 6) is 2.27. The lowest BCUT2D eigenvalue weighted by Gasteiger charge is -2.22. The Kier molecular flexibility index (Phi) is 5.14. The van der Waals surface area contributed by atoms with E-state index < -0.39 is 0 Å². The van der Waals surface area contributed by atoms with Gasteiger partial charge in [0.2, 0.25) is 0 Å². The van der Waals surface area contributed by atoms with E-state index in [-0.39, 0.29) is 0 Å². The minimum atomic E-state index is 0.297. The van der Waals surface area contributed by atoms with E-state index in [1.807, 2.05) is 0 Å². The smallest absolute Gasteiger partial charge is 0.133 e. The van der Waals surface area contributed by atoms with Crippen LogP contribution in [0.1, 0.15) is 57.5 Å². The molecule has 1 aromatic rings. The summed E-state index contributed by atoms with van der Waals surface area (Å²) < 4.78 is 5.78. The first kappa shape index (κ1) is 14.3. The number of anilines is 1. The molecule has 1 atom stereocenters. The predicted octanol–water partition coefficient (Wildman–Crippen LogP) is 3.14. The minimum Gasteiger partial charge on any atom is -0.378 e. The van der Waals surface area contributed by atoms with Gasteiger partial charge in [-0.15, -0.1) is 0 Å². The van der Waals surface area contributed by atoms with Crippen LogP contribution in [0.2, 0.25) is 0 Å².